The summed E-state index contributed by atoms with van der Waals surface area (Å²) in [7, 11) is 2.11. The summed E-state index contributed by atoms with van der Waals surface area (Å²) in [5.74, 6) is 0.994. The van der Waals surface area contributed by atoms with Crippen molar-refractivity contribution in [1.82, 2.24) is 15.0 Å². The van der Waals surface area contributed by atoms with E-state index in [0.717, 1.165) is 43.9 Å². The monoisotopic (exact) mass is 261 g/mol. The lowest BCUT2D eigenvalue weighted by molar-refractivity contribution is -0.128. The van der Waals surface area contributed by atoms with Gasteiger partial charge in [0.1, 0.15) is 5.69 Å². The summed E-state index contributed by atoms with van der Waals surface area (Å²) in [5, 5.41) is 4.13. The van der Waals surface area contributed by atoms with E-state index in [4.69, 9.17) is 4.52 Å². The molecule has 2 aliphatic heterocycles. The molecule has 102 valence electrons. The van der Waals surface area contributed by atoms with Crippen molar-refractivity contribution in [2.24, 2.45) is 0 Å². The number of hydrogen-bond donors (Lipinski definition) is 0. The minimum absolute atomic E-state index is 0.217. The fourth-order valence-electron chi connectivity index (χ4n) is 2.68. The summed E-state index contributed by atoms with van der Waals surface area (Å²) in [4.78, 5) is 15.7. The molecule has 5 nitrogen and oxygen atoms in total. The van der Waals surface area contributed by atoms with E-state index >= 15 is 0 Å². The molecule has 5 heteroatoms. The van der Waals surface area contributed by atoms with E-state index in [-0.39, 0.29) is 5.91 Å². The molecule has 0 unspecified atom stereocenters. The van der Waals surface area contributed by atoms with E-state index in [1.165, 1.54) is 5.57 Å². The number of nitrogens with zero attached hydrogens (tertiary/aromatic N) is 3. The zero-order valence-corrected chi connectivity index (χ0v) is 11.3. The lowest BCUT2D eigenvalue weighted by Crippen LogP contribution is -2.25. The number of amides is 1. The van der Waals surface area contributed by atoms with Crippen LogP contribution in [0, 0.1) is 0 Å². The molecule has 0 N–H and O–H groups in total. The maximum absolute atomic E-state index is 11.6. The number of carbonyl (C=O) groups is 1. The van der Waals surface area contributed by atoms with Crippen LogP contribution in [0.5, 0.6) is 0 Å². The van der Waals surface area contributed by atoms with Crippen molar-refractivity contribution in [1.29, 1.82) is 0 Å². The summed E-state index contributed by atoms with van der Waals surface area (Å²) in [6, 6.07) is 1.97. The highest BCUT2D eigenvalue weighted by Gasteiger charge is 2.22. The van der Waals surface area contributed by atoms with Crippen molar-refractivity contribution in [2.45, 2.75) is 25.8 Å². The van der Waals surface area contributed by atoms with Crippen LogP contribution >= 0.6 is 0 Å². The lowest BCUT2D eigenvalue weighted by atomic mass is 10.1. The Hall–Kier alpha value is -1.62. The van der Waals surface area contributed by atoms with Crippen LogP contribution in [-0.4, -0.2) is 47.5 Å². The highest BCUT2D eigenvalue weighted by molar-refractivity contribution is 5.78. The van der Waals surface area contributed by atoms with Gasteiger partial charge in [0.2, 0.25) is 5.91 Å². The highest BCUT2D eigenvalue weighted by atomic mass is 16.5. The highest BCUT2D eigenvalue weighted by Crippen LogP contribution is 2.21. The molecule has 1 saturated heterocycles. The summed E-state index contributed by atoms with van der Waals surface area (Å²) in [6.07, 6.45) is 4.90. The number of aromatic nitrogens is 1. The van der Waals surface area contributed by atoms with E-state index in [0.29, 0.717) is 13.0 Å². The molecule has 1 aromatic rings. The van der Waals surface area contributed by atoms with Gasteiger partial charge >= 0.3 is 0 Å². The van der Waals surface area contributed by atoms with Crippen molar-refractivity contribution in [3.8, 4) is 0 Å². The second-order valence-corrected chi connectivity index (χ2v) is 5.35. The molecule has 3 heterocycles. The Morgan fingerprint density at radius 2 is 2.32 bits per heavy atom. The third-order valence-electron chi connectivity index (χ3n) is 3.75. The van der Waals surface area contributed by atoms with Crippen molar-refractivity contribution in [3.05, 3.63) is 23.6 Å². The zero-order valence-electron chi connectivity index (χ0n) is 11.3. The molecule has 3 rings (SSSR count). The van der Waals surface area contributed by atoms with Gasteiger partial charge in [-0.1, -0.05) is 11.2 Å². The minimum Gasteiger partial charge on any atom is -0.359 e. The molecule has 2 aliphatic rings. The molecule has 1 fully saturated rings. The normalized spacial score (nSPS) is 21.0. The van der Waals surface area contributed by atoms with Crippen LogP contribution in [0.25, 0.3) is 5.57 Å². The predicted molar refractivity (Wildman–Crippen MR) is 71.2 cm³/mol. The first-order valence-corrected chi connectivity index (χ1v) is 6.84. The Kier molecular flexibility index (Phi) is 3.38. The van der Waals surface area contributed by atoms with Gasteiger partial charge in [0.15, 0.2) is 5.76 Å². The van der Waals surface area contributed by atoms with Gasteiger partial charge in [-0.15, -0.1) is 0 Å². The Morgan fingerprint density at radius 3 is 3.05 bits per heavy atom. The number of likely N-dealkylation sites (N-methyl/N-ethyl adjacent to an activating group) is 1. The molecule has 0 saturated carbocycles. The summed E-state index contributed by atoms with van der Waals surface area (Å²) in [5.41, 5.74) is 2.13. The van der Waals surface area contributed by atoms with Crippen LogP contribution in [0.3, 0.4) is 0 Å². The molecule has 0 spiro atoms. The molecule has 1 amide bonds. The Labute approximate surface area is 112 Å². The van der Waals surface area contributed by atoms with E-state index in [1.807, 2.05) is 11.0 Å². The third kappa shape index (κ3) is 2.71. The van der Waals surface area contributed by atoms with E-state index in [9.17, 15) is 4.79 Å². The van der Waals surface area contributed by atoms with Gasteiger partial charge in [-0.3, -0.25) is 4.79 Å². The fourth-order valence-corrected chi connectivity index (χ4v) is 2.68. The maximum Gasteiger partial charge on any atom is 0.223 e. The molecule has 19 heavy (non-hydrogen) atoms. The first-order chi connectivity index (χ1) is 9.22. The smallest absolute Gasteiger partial charge is 0.223 e. The third-order valence-corrected chi connectivity index (χ3v) is 3.75. The van der Waals surface area contributed by atoms with Crippen molar-refractivity contribution >= 4 is 11.5 Å². The van der Waals surface area contributed by atoms with Crippen LogP contribution < -0.4 is 0 Å². The second-order valence-electron chi connectivity index (χ2n) is 5.35. The van der Waals surface area contributed by atoms with Crippen molar-refractivity contribution in [3.63, 3.8) is 0 Å². The molecule has 0 aromatic carbocycles. The summed E-state index contributed by atoms with van der Waals surface area (Å²) < 4.78 is 5.36. The Bertz CT molecular complexity index is 507. The molecule has 0 radical (unpaired) electrons. The maximum atomic E-state index is 11.6. The topological polar surface area (TPSA) is 49.6 Å². The van der Waals surface area contributed by atoms with Crippen LogP contribution in [0.15, 0.2) is 16.7 Å². The zero-order chi connectivity index (χ0) is 13.2. The molecule has 0 bridgehead atoms. The fraction of sp³-hybridized carbons (Fsp3) is 0.571. The molecule has 0 atom stereocenters. The number of hydrogen-bond acceptors (Lipinski definition) is 4. The van der Waals surface area contributed by atoms with Gasteiger partial charge in [0.25, 0.3) is 0 Å². The largest absolute Gasteiger partial charge is 0.359 e. The average molecular weight is 261 g/mol. The number of likely N-dealkylation sites (tertiary alicyclic amines) is 1. The SMILES string of the molecule is CN1CCC=C(c2cc(CN3CCCC3=O)on2)C1. The lowest BCUT2D eigenvalue weighted by Gasteiger charge is -2.21. The predicted octanol–water partition coefficient (Wildman–Crippen LogP) is 1.52. The van der Waals surface area contributed by atoms with Crippen LogP contribution in [0.2, 0.25) is 0 Å². The van der Waals surface area contributed by atoms with Crippen LogP contribution in [-0.2, 0) is 11.3 Å². The number of carbonyl (C=O) groups excluding carboxylic acids is 1. The first-order valence-electron chi connectivity index (χ1n) is 6.84. The van der Waals surface area contributed by atoms with E-state index in [2.05, 4.69) is 23.2 Å². The Morgan fingerprint density at radius 1 is 1.42 bits per heavy atom. The van der Waals surface area contributed by atoms with Crippen LogP contribution in [0.1, 0.15) is 30.7 Å². The van der Waals surface area contributed by atoms with Gasteiger partial charge < -0.3 is 14.3 Å². The van der Waals surface area contributed by atoms with Gasteiger partial charge in [0, 0.05) is 32.1 Å². The van der Waals surface area contributed by atoms with E-state index in [1.54, 1.807) is 0 Å². The number of rotatable bonds is 3. The van der Waals surface area contributed by atoms with E-state index < -0.39 is 0 Å². The molecular formula is C14H19N3O2. The molecular weight excluding hydrogens is 242 g/mol. The van der Waals surface area contributed by atoms with Crippen molar-refractivity contribution in [2.75, 3.05) is 26.7 Å². The molecule has 0 aliphatic carbocycles. The first kappa shape index (κ1) is 12.4. The minimum atomic E-state index is 0.217. The van der Waals surface area contributed by atoms with Crippen molar-refractivity contribution < 1.29 is 9.32 Å². The second kappa shape index (κ2) is 5.17. The van der Waals surface area contributed by atoms with Gasteiger partial charge in [-0.25, -0.2) is 0 Å². The quantitative estimate of drug-likeness (QED) is 0.827. The van der Waals surface area contributed by atoms with Gasteiger partial charge in [-0.05, 0) is 25.5 Å². The average Bonchev–Trinajstić information content (AvgIpc) is 3.00. The van der Waals surface area contributed by atoms with Crippen LogP contribution in [0.4, 0.5) is 0 Å². The Balaban J connectivity index is 1.69. The summed E-state index contributed by atoms with van der Waals surface area (Å²) >= 11 is 0. The standard InChI is InChI=1S/C14H19N3O2/c1-16-6-2-4-11(9-16)13-8-12(19-15-13)10-17-7-3-5-14(17)18/h4,8H,2-3,5-7,9-10H2,1H3. The summed E-state index contributed by atoms with van der Waals surface area (Å²) in [6.45, 7) is 3.39. The molecule has 1 aromatic heterocycles. The van der Waals surface area contributed by atoms with Gasteiger partial charge in [0.05, 0.1) is 6.54 Å². The van der Waals surface area contributed by atoms with Gasteiger partial charge in [-0.2, -0.15) is 0 Å².